The molecule has 1 aromatic rings. The van der Waals surface area contributed by atoms with E-state index in [-0.39, 0.29) is 11.5 Å². The number of ether oxygens (including phenoxy) is 2. The van der Waals surface area contributed by atoms with Gasteiger partial charge in [0.25, 0.3) is 11.8 Å². The SMILES string of the molecule is CNC(=O)[C@@]1(C)Cc2cc(NC(=O)/C(C=N)=C3\N=CC=CN3)c(N3CCOCC3)cc2O1. The quantitative estimate of drug-likeness (QED) is 0.400. The zero-order chi connectivity index (χ0) is 22.7. The van der Waals surface area contributed by atoms with Crippen LogP contribution in [-0.4, -0.2) is 63.2 Å². The molecule has 0 spiro atoms. The topological polar surface area (TPSA) is 128 Å². The summed E-state index contributed by atoms with van der Waals surface area (Å²) in [5, 5.41) is 16.2. The number of amides is 2. The molecule has 1 atom stereocenters. The van der Waals surface area contributed by atoms with Crippen molar-refractivity contribution in [2.75, 3.05) is 43.6 Å². The number of rotatable bonds is 5. The average Bonchev–Trinajstić information content (AvgIpc) is 3.16. The lowest BCUT2D eigenvalue weighted by Crippen LogP contribution is -2.46. The van der Waals surface area contributed by atoms with Crippen molar-refractivity contribution < 1.29 is 19.1 Å². The molecule has 168 valence electrons. The Labute approximate surface area is 185 Å². The van der Waals surface area contributed by atoms with Gasteiger partial charge in [-0.3, -0.25) is 9.59 Å². The number of hydrogen-bond acceptors (Lipinski definition) is 8. The van der Waals surface area contributed by atoms with E-state index in [0.29, 0.717) is 50.0 Å². The number of fused-ring (bicyclic) bond motifs is 1. The highest BCUT2D eigenvalue weighted by atomic mass is 16.5. The molecule has 0 aliphatic carbocycles. The zero-order valence-corrected chi connectivity index (χ0v) is 18.0. The first-order valence-electron chi connectivity index (χ1n) is 10.4. The van der Waals surface area contributed by atoms with Crippen molar-refractivity contribution in [2.45, 2.75) is 18.9 Å². The molecule has 0 aromatic heterocycles. The van der Waals surface area contributed by atoms with Crippen LogP contribution in [0.2, 0.25) is 0 Å². The zero-order valence-electron chi connectivity index (χ0n) is 18.0. The van der Waals surface area contributed by atoms with Gasteiger partial charge in [0.2, 0.25) is 0 Å². The number of aliphatic imine (C=N–C) groups is 1. The van der Waals surface area contributed by atoms with Crippen LogP contribution in [-0.2, 0) is 20.7 Å². The van der Waals surface area contributed by atoms with Crippen molar-refractivity contribution in [3.63, 3.8) is 0 Å². The summed E-state index contributed by atoms with van der Waals surface area (Å²) in [6.45, 7) is 4.20. The maximum Gasteiger partial charge on any atom is 0.264 e. The van der Waals surface area contributed by atoms with E-state index in [4.69, 9.17) is 14.9 Å². The highest BCUT2D eigenvalue weighted by Gasteiger charge is 2.42. The minimum absolute atomic E-state index is 0.102. The maximum atomic E-state index is 13.1. The lowest BCUT2D eigenvalue weighted by Gasteiger charge is -2.31. The highest BCUT2D eigenvalue weighted by Crippen LogP contribution is 2.42. The summed E-state index contributed by atoms with van der Waals surface area (Å²) in [4.78, 5) is 31.7. The molecule has 1 saturated heterocycles. The van der Waals surface area contributed by atoms with Crippen LogP contribution in [0.25, 0.3) is 0 Å². The fourth-order valence-corrected chi connectivity index (χ4v) is 3.95. The number of nitrogens with zero attached hydrogens (tertiary/aromatic N) is 2. The van der Waals surface area contributed by atoms with Crippen LogP contribution in [0, 0.1) is 5.41 Å². The van der Waals surface area contributed by atoms with E-state index in [2.05, 4.69) is 25.8 Å². The van der Waals surface area contributed by atoms with Gasteiger partial charge in [-0.2, -0.15) is 0 Å². The molecule has 3 aliphatic rings. The Bertz CT molecular complexity index is 1040. The largest absolute Gasteiger partial charge is 0.477 e. The highest BCUT2D eigenvalue weighted by molar-refractivity contribution is 6.18. The Hall–Kier alpha value is -3.66. The van der Waals surface area contributed by atoms with Gasteiger partial charge < -0.3 is 35.7 Å². The number of morpholine rings is 1. The Kier molecular flexibility index (Phi) is 5.95. The molecule has 4 rings (SSSR count). The summed E-state index contributed by atoms with van der Waals surface area (Å²) in [5.41, 5.74) is 1.26. The van der Waals surface area contributed by atoms with Gasteiger partial charge >= 0.3 is 0 Å². The van der Waals surface area contributed by atoms with Crippen LogP contribution < -0.4 is 25.6 Å². The summed E-state index contributed by atoms with van der Waals surface area (Å²) in [6, 6.07) is 3.71. The van der Waals surface area contributed by atoms with E-state index in [0.717, 1.165) is 17.5 Å². The summed E-state index contributed by atoms with van der Waals surface area (Å²) in [5.74, 6) is 0.240. The Morgan fingerprint density at radius 3 is 2.75 bits per heavy atom. The molecule has 0 unspecified atom stereocenters. The van der Waals surface area contributed by atoms with Gasteiger partial charge in [0.1, 0.15) is 11.6 Å². The molecule has 0 saturated carbocycles. The number of nitrogens with one attached hydrogen (secondary N) is 4. The predicted molar refractivity (Wildman–Crippen MR) is 121 cm³/mol. The maximum absolute atomic E-state index is 13.1. The first-order valence-corrected chi connectivity index (χ1v) is 10.4. The van der Waals surface area contributed by atoms with Gasteiger partial charge in [0, 0.05) is 56.8 Å². The smallest absolute Gasteiger partial charge is 0.264 e. The fraction of sp³-hybridized carbons (Fsp3) is 0.364. The lowest BCUT2D eigenvalue weighted by molar-refractivity contribution is -0.133. The van der Waals surface area contributed by atoms with Crippen molar-refractivity contribution in [1.29, 1.82) is 5.41 Å². The summed E-state index contributed by atoms with van der Waals surface area (Å²) >= 11 is 0. The van der Waals surface area contributed by atoms with Gasteiger partial charge in [-0.15, -0.1) is 0 Å². The van der Waals surface area contributed by atoms with E-state index < -0.39 is 11.5 Å². The number of hydrogen-bond donors (Lipinski definition) is 4. The summed E-state index contributed by atoms with van der Waals surface area (Å²) in [6.07, 6.45) is 6.24. The Morgan fingerprint density at radius 2 is 2.09 bits per heavy atom. The first-order chi connectivity index (χ1) is 15.4. The molecular formula is C22H26N6O4. The average molecular weight is 438 g/mol. The number of likely N-dealkylation sites (N-methyl/N-ethyl adjacent to an activating group) is 1. The van der Waals surface area contributed by atoms with Crippen LogP contribution in [0.15, 0.2) is 40.8 Å². The monoisotopic (exact) mass is 438 g/mol. The van der Waals surface area contributed by atoms with E-state index in [1.807, 2.05) is 12.1 Å². The normalized spacial score (nSPS) is 23.0. The minimum atomic E-state index is -1.02. The van der Waals surface area contributed by atoms with Crippen molar-refractivity contribution >= 4 is 35.6 Å². The van der Waals surface area contributed by atoms with Gasteiger partial charge in [-0.25, -0.2) is 4.99 Å². The third-order valence-corrected chi connectivity index (χ3v) is 5.60. The van der Waals surface area contributed by atoms with E-state index >= 15 is 0 Å². The molecule has 3 aliphatic heterocycles. The van der Waals surface area contributed by atoms with E-state index in [9.17, 15) is 9.59 Å². The van der Waals surface area contributed by atoms with E-state index in [1.165, 1.54) is 0 Å². The van der Waals surface area contributed by atoms with Crippen LogP contribution in [0.1, 0.15) is 12.5 Å². The van der Waals surface area contributed by atoms with Gasteiger partial charge in [-0.1, -0.05) is 0 Å². The second-order valence-corrected chi connectivity index (χ2v) is 7.81. The Balaban J connectivity index is 1.69. The fourth-order valence-electron chi connectivity index (χ4n) is 3.95. The molecule has 1 aromatic carbocycles. The number of benzene rings is 1. The van der Waals surface area contributed by atoms with Crippen molar-refractivity contribution in [1.82, 2.24) is 10.6 Å². The molecule has 10 nitrogen and oxygen atoms in total. The van der Waals surface area contributed by atoms with Gasteiger partial charge in [-0.05, 0) is 19.1 Å². The molecule has 10 heteroatoms. The van der Waals surface area contributed by atoms with Crippen LogP contribution >= 0.6 is 0 Å². The van der Waals surface area contributed by atoms with Crippen LogP contribution in [0.4, 0.5) is 11.4 Å². The molecule has 1 fully saturated rings. The Morgan fingerprint density at radius 1 is 1.31 bits per heavy atom. The molecule has 32 heavy (non-hydrogen) atoms. The number of allylic oxidation sites excluding steroid dienone is 1. The number of carbonyl (C=O) groups is 2. The van der Waals surface area contributed by atoms with Crippen LogP contribution in [0.3, 0.4) is 0 Å². The number of carbonyl (C=O) groups excluding carboxylic acids is 2. The third-order valence-electron chi connectivity index (χ3n) is 5.60. The van der Waals surface area contributed by atoms with Gasteiger partial charge in [0.05, 0.1) is 30.2 Å². The van der Waals surface area contributed by atoms with Crippen molar-refractivity contribution in [3.05, 3.63) is 41.4 Å². The van der Waals surface area contributed by atoms with Crippen molar-refractivity contribution in [2.24, 2.45) is 4.99 Å². The third kappa shape index (κ3) is 4.09. The molecule has 0 radical (unpaired) electrons. The molecular weight excluding hydrogens is 412 g/mol. The number of anilines is 2. The summed E-state index contributed by atoms with van der Waals surface area (Å²) < 4.78 is 11.5. The van der Waals surface area contributed by atoms with Crippen molar-refractivity contribution in [3.8, 4) is 5.75 Å². The van der Waals surface area contributed by atoms with Crippen LogP contribution in [0.5, 0.6) is 5.75 Å². The lowest BCUT2D eigenvalue weighted by atomic mass is 9.97. The second-order valence-electron chi connectivity index (χ2n) is 7.81. The molecule has 0 bridgehead atoms. The standard InChI is InChI=1S/C22H26N6O4/c1-22(21(30)24-2)12-14-10-16(17(11-18(14)32-22)28-6-8-31-9-7-28)27-20(29)15(13-23)19-25-4-3-5-26-19/h3-5,10-11,13,23,25H,6-9,12H2,1-2H3,(H,24,30)(H,27,29)/b19-15-,23-13?/t22-/m1/s1. The van der Waals surface area contributed by atoms with E-state index in [1.54, 1.807) is 32.5 Å². The summed E-state index contributed by atoms with van der Waals surface area (Å²) in [7, 11) is 1.58. The molecule has 3 heterocycles. The predicted octanol–water partition coefficient (Wildman–Crippen LogP) is 0.950. The van der Waals surface area contributed by atoms with Gasteiger partial charge in [0.15, 0.2) is 5.60 Å². The minimum Gasteiger partial charge on any atom is -0.477 e. The molecule has 4 N–H and O–H groups in total. The first kappa shape index (κ1) is 21.6. The second kappa shape index (κ2) is 8.83. The molecule has 2 amide bonds.